The highest BCUT2D eigenvalue weighted by molar-refractivity contribution is 7.90. The van der Waals surface area contributed by atoms with Crippen molar-refractivity contribution in [1.82, 2.24) is 15.2 Å². The van der Waals surface area contributed by atoms with Crippen LogP contribution in [0.1, 0.15) is 43.0 Å². The molecule has 2 aliphatic heterocycles. The second kappa shape index (κ2) is 8.12. The van der Waals surface area contributed by atoms with Crippen molar-refractivity contribution in [2.75, 3.05) is 26.5 Å². The molecule has 2 fully saturated rings. The van der Waals surface area contributed by atoms with E-state index in [-0.39, 0.29) is 6.10 Å². The Hall–Kier alpha value is -1.02. The molecule has 1 aromatic rings. The van der Waals surface area contributed by atoms with E-state index in [9.17, 15) is 8.42 Å². The number of methoxy groups -OCH3 is 1. The first-order valence-corrected chi connectivity index (χ1v) is 11.0. The largest absolute Gasteiger partial charge is 0.379 e. The molecule has 0 radical (unpaired) electrons. The minimum Gasteiger partial charge on any atom is -0.379 e. The molecule has 6 nitrogen and oxygen atoms in total. The molecule has 3 heterocycles. The summed E-state index contributed by atoms with van der Waals surface area (Å²) in [5.41, 5.74) is 0.665. The molecule has 7 heteroatoms. The average molecular weight is 368 g/mol. The van der Waals surface area contributed by atoms with Crippen LogP contribution < -0.4 is 5.32 Å². The molecule has 2 aliphatic rings. The van der Waals surface area contributed by atoms with Gasteiger partial charge in [0.25, 0.3) is 0 Å². The minimum absolute atomic E-state index is 0.0258. The van der Waals surface area contributed by atoms with Gasteiger partial charge in [-0.05, 0) is 31.7 Å². The first-order valence-electron chi connectivity index (χ1n) is 9.09. The van der Waals surface area contributed by atoms with Gasteiger partial charge in [-0.3, -0.25) is 15.2 Å². The van der Waals surface area contributed by atoms with Gasteiger partial charge in [-0.15, -0.1) is 0 Å². The highest BCUT2D eigenvalue weighted by atomic mass is 32.2. The van der Waals surface area contributed by atoms with Crippen molar-refractivity contribution >= 4 is 9.84 Å². The van der Waals surface area contributed by atoms with E-state index in [1.807, 2.05) is 0 Å². The number of aromatic nitrogens is 1. The summed E-state index contributed by atoms with van der Waals surface area (Å²) in [6, 6.07) is 4.91. The van der Waals surface area contributed by atoms with E-state index in [2.05, 4.69) is 15.2 Å². The molecule has 1 N–H and O–H groups in total. The minimum atomic E-state index is -3.28. The quantitative estimate of drug-likeness (QED) is 0.755. The van der Waals surface area contributed by atoms with E-state index in [0.29, 0.717) is 24.2 Å². The maximum absolute atomic E-state index is 12.2. The molecule has 4 atom stereocenters. The lowest BCUT2D eigenvalue weighted by atomic mass is 10.0. The Morgan fingerprint density at radius 2 is 2.04 bits per heavy atom. The van der Waals surface area contributed by atoms with Crippen LogP contribution in [0.3, 0.4) is 0 Å². The van der Waals surface area contributed by atoms with Crippen LogP contribution in [0.4, 0.5) is 0 Å². The summed E-state index contributed by atoms with van der Waals surface area (Å²) < 4.78 is 30.1. The summed E-state index contributed by atoms with van der Waals surface area (Å²) in [6.45, 7) is 1.36. The Kier molecular flexibility index (Phi) is 6.09. The third kappa shape index (κ3) is 4.58. The van der Waals surface area contributed by atoms with E-state index >= 15 is 0 Å². The van der Waals surface area contributed by atoms with E-state index in [1.165, 1.54) is 38.4 Å². The van der Waals surface area contributed by atoms with Gasteiger partial charge < -0.3 is 4.74 Å². The third-order valence-corrected chi connectivity index (χ3v) is 6.84. The normalized spacial score (nSPS) is 26.5. The number of nitrogens with one attached hydrogen (secondary N) is 1. The van der Waals surface area contributed by atoms with Crippen LogP contribution in [-0.2, 0) is 14.6 Å². The summed E-state index contributed by atoms with van der Waals surface area (Å²) >= 11 is 0. The number of hydrogen-bond acceptors (Lipinski definition) is 6. The van der Waals surface area contributed by atoms with Gasteiger partial charge in [0.05, 0.1) is 6.10 Å². The Bertz CT molecular complexity index is 637. The van der Waals surface area contributed by atoms with Crippen LogP contribution in [0, 0.1) is 0 Å². The predicted octanol–water partition coefficient (Wildman–Crippen LogP) is 1.75. The summed E-state index contributed by atoms with van der Waals surface area (Å²) in [5, 5.41) is 2.43. The Labute approximate surface area is 150 Å². The second-order valence-electron chi connectivity index (χ2n) is 7.27. The van der Waals surface area contributed by atoms with Gasteiger partial charge in [-0.25, -0.2) is 8.42 Å². The fraction of sp³-hybridized carbons (Fsp3) is 0.722. The van der Waals surface area contributed by atoms with Gasteiger partial charge in [-0.1, -0.05) is 12.5 Å². The number of rotatable bonds is 8. The Morgan fingerprint density at radius 3 is 2.60 bits per heavy atom. The van der Waals surface area contributed by atoms with Crippen LogP contribution >= 0.6 is 0 Å². The Morgan fingerprint density at radius 1 is 1.32 bits per heavy atom. The number of pyridine rings is 1. The summed E-state index contributed by atoms with van der Waals surface area (Å²) in [6.07, 6.45) is 10.9. The van der Waals surface area contributed by atoms with E-state index in [0.717, 1.165) is 6.54 Å². The monoisotopic (exact) mass is 367 g/mol. The summed E-state index contributed by atoms with van der Waals surface area (Å²) in [4.78, 5) is 6.63. The highest BCUT2D eigenvalue weighted by Gasteiger charge is 2.37. The maximum atomic E-state index is 12.2. The molecular formula is C18H29N3O3S. The lowest BCUT2D eigenvalue weighted by Gasteiger charge is -2.37. The van der Waals surface area contributed by atoms with Gasteiger partial charge in [0.1, 0.15) is 5.37 Å². The standard InChI is InChI=1S/C18H29N3O3S/c1-24-17(13-21-15-6-3-7-16(21)9-8-15)12-20-18(25(2,22)23)14-5-4-10-19-11-14/h4-5,10-11,15-18,20H,3,6-9,12-13H2,1-2H3/t15-,16+,17?,18?. The molecule has 0 aromatic carbocycles. The van der Waals surface area contributed by atoms with Crippen molar-refractivity contribution < 1.29 is 13.2 Å². The third-order valence-electron chi connectivity index (χ3n) is 5.54. The van der Waals surface area contributed by atoms with Crippen LogP contribution in [0.2, 0.25) is 0 Å². The lowest BCUT2D eigenvalue weighted by molar-refractivity contribution is 0.0323. The Balaban J connectivity index is 1.63. The fourth-order valence-corrected chi connectivity index (χ4v) is 5.30. The number of piperidine rings is 1. The maximum Gasteiger partial charge on any atom is 0.167 e. The molecular weight excluding hydrogens is 338 g/mol. The molecule has 2 saturated heterocycles. The van der Waals surface area contributed by atoms with Crippen molar-refractivity contribution in [2.45, 2.75) is 55.7 Å². The molecule has 2 unspecified atom stereocenters. The van der Waals surface area contributed by atoms with Crippen LogP contribution in [0.25, 0.3) is 0 Å². The van der Waals surface area contributed by atoms with E-state index in [1.54, 1.807) is 31.6 Å². The number of hydrogen-bond donors (Lipinski definition) is 1. The van der Waals surface area contributed by atoms with E-state index in [4.69, 9.17) is 4.74 Å². The summed E-state index contributed by atoms with van der Waals surface area (Å²) in [5.74, 6) is 0. The van der Waals surface area contributed by atoms with Gasteiger partial charge in [0, 0.05) is 56.5 Å². The zero-order valence-electron chi connectivity index (χ0n) is 15.1. The van der Waals surface area contributed by atoms with Gasteiger partial charge in [-0.2, -0.15) is 0 Å². The fourth-order valence-electron chi connectivity index (χ4n) is 4.27. The zero-order chi connectivity index (χ0) is 17.9. The van der Waals surface area contributed by atoms with Crippen molar-refractivity contribution in [2.24, 2.45) is 0 Å². The number of fused-ring (bicyclic) bond motifs is 2. The summed E-state index contributed by atoms with van der Waals surface area (Å²) in [7, 11) is -1.58. The van der Waals surface area contributed by atoms with Crippen molar-refractivity contribution in [3.05, 3.63) is 30.1 Å². The van der Waals surface area contributed by atoms with Crippen LogP contribution in [0.5, 0.6) is 0 Å². The topological polar surface area (TPSA) is 71.5 Å². The predicted molar refractivity (Wildman–Crippen MR) is 98.0 cm³/mol. The zero-order valence-corrected chi connectivity index (χ0v) is 15.9. The van der Waals surface area contributed by atoms with Crippen molar-refractivity contribution in [1.29, 1.82) is 0 Å². The molecule has 2 bridgehead atoms. The van der Waals surface area contributed by atoms with E-state index < -0.39 is 15.2 Å². The van der Waals surface area contributed by atoms with Gasteiger partial charge >= 0.3 is 0 Å². The van der Waals surface area contributed by atoms with Gasteiger partial charge in [0.15, 0.2) is 9.84 Å². The molecule has 0 saturated carbocycles. The molecule has 3 rings (SSSR count). The smallest absolute Gasteiger partial charge is 0.167 e. The molecule has 0 amide bonds. The highest BCUT2D eigenvalue weighted by Crippen LogP contribution is 2.35. The average Bonchev–Trinajstić information content (AvgIpc) is 2.81. The number of ether oxygens (including phenoxy) is 1. The molecule has 0 aliphatic carbocycles. The first-order chi connectivity index (χ1) is 12.0. The molecule has 140 valence electrons. The lowest BCUT2D eigenvalue weighted by Crippen LogP contribution is -2.47. The van der Waals surface area contributed by atoms with Crippen molar-refractivity contribution in [3.8, 4) is 0 Å². The second-order valence-corrected chi connectivity index (χ2v) is 9.41. The first kappa shape index (κ1) is 18.8. The van der Waals surface area contributed by atoms with Crippen LogP contribution in [-0.4, -0.2) is 62.9 Å². The molecule has 25 heavy (non-hydrogen) atoms. The molecule has 1 aromatic heterocycles. The molecule has 0 spiro atoms. The van der Waals surface area contributed by atoms with Crippen molar-refractivity contribution in [3.63, 3.8) is 0 Å². The number of nitrogens with zero attached hydrogens (tertiary/aromatic N) is 2. The van der Waals surface area contributed by atoms with Crippen LogP contribution in [0.15, 0.2) is 24.5 Å². The number of sulfone groups is 1. The van der Waals surface area contributed by atoms with Gasteiger partial charge in [0.2, 0.25) is 0 Å². The SMILES string of the molecule is COC(CNC(c1cccnc1)S(C)(=O)=O)CN1[C@@H]2CCC[C@H]1CC2.